The highest BCUT2D eigenvalue weighted by Crippen LogP contribution is 2.44. The van der Waals surface area contributed by atoms with Gasteiger partial charge in [-0.05, 0) is 54.1 Å². The summed E-state index contributed by atoms with van der Waals surface area (Å²) in [7, 11) is 3.83. The van der Waals surface area contributed by atoms with Gasteiger partial charge in [-0.3, -0.25) is 14.5 Å². The van der Waals surface area contributed by atoms with Crippen molar-refractivity contribution < 1.29 is 19.1 Å². The molecule has 1 N–H and O–H groups in total. The van der Waals surface area contributed by atoms with Gasteiger partial charge in [0, 0.05) is 25.3 Å². The predicted molar refractivity (Wildman–Crippen MR) is 132 cm³/mol. The zero-order valence-electron chi connectivity index (χ0n) is 18.4. The van der Waals surface area contributed by atoms with Crippen LogP contribution in [0.1, 0.15) is 17.2 Å². The van der Waals surface area contributed by atoms with E-state index in [0.29, 0.717) is 16.2 Å². The summed E-state index contributed by atoms with van der Waals surface area (Å²) >= 11 is 1.30. The molecule has 1 aromatic heterocycles. The van der Waals surface area contributed by atoms with E-state index in [4.69, 9.17) is 0 Å². The molecular formula is C26H20FN3O3S. The van der Waals surface area contributed by atoms with E-state index in [1.54, 1.807) is 0 Å². The summed E-state index contributed by atoms with van der Waals surface area (Å²) in [6, 6.07) is 19.1. The van der Waals surface area contributed by atoms with Gasteiger partial charge >= 0.3 is 5.91 Å². The SMILES string of the molecule is CN(C)c1ccc(C2/C(=C(\O)c3ccc(F)cc3)C(=O)C(=O)N2c2nc3ccccc3s2)cc1. The Morgan fingerprint density at radius 2 is 1.68 bits per heavy atom. The van der Waals surface area contributed by atoms with Crippen LogP contribution in [-0.2, 0) is 9.59 Å². The van der Waals surface area contributed by atoms with Gasteiger partial charge in [-0.2, -0.15) is 0 Å². The second kappa shape index (κ2) is 8.39. The molecule has 1 atom stereocenters. The third-order valence-corrected chi connectivity index (χ3v) is 6.81. The van der Waals surface area contributed by atoms with E-state index in [2.05, 4.69) is 4.98 Å². The van der Waals surface area contributed by atoms with Crippen LogP contribution in [0.2, 0.25) is 0 Å². The Morgan fingerprint density at radius 1 is 1.00 bits per heavy atom. The van der Waals surface area contributed by atoms with Crippen molar-refractivity contribution in [2.24, 2.45) is 0 Å². The number of Topliss-reactive ketones (excluding diaryl/α,β-unsaturated/α-hetero) is 1. The standard InChI is InChI=1S/C26H20FN3O3S/c1-29(2)18-13-9-15(10-14-18)22-21(23(31)16-7-11-17(27)12-8-16)24(32)25(33)30(22)26-28-19-5-3-4-6-20(19)34-26/h3-14,22,31H,1-2H3/b23-21+. The molecule has 1 aliphatic heterocycles. The zero-order chi connectivity index (χ0) is 24.0. The number of hydrogen-bond donors (Lipinski definition) is 1. The van der Waals surface area contributed by atoms with Crippen LogP contribution < -0.4 is 9.80 Å². The molecule has 1 aliphatic rings. The number of aromatic nitrogens is 1. The molecule has 0 bridgehead atoms. The minimum absolute atomic E-state index is 0.0616. The molecule has 8 heteroatoms. The monoisotopic (exact) mass is 473 g/mol. The number of aliphatic hydroxyl groups excluding tert-OH is 1. The first kappa shape index (κ1) is 21.8. The maximum Gasteiger partial charge on any atom is 0.301 e. The van der Waals surface area contributed by atoms with Gasteiger partial charge < -0.3 is 10.0 Å². The van der Waals surface area contributed by atoms with E-state index in [1.807, 2.05) is 67.5 Å². The first-order chi connectivity index (χ1) is 16.3. The molecule has 1 fully saturated rings. The summed E-state index contributed by atoms with van der Waals surface area (Å²) in [5.74, 6) is -2.42. The molecule has 1 amide bonds. The fourth-order valence-electron chi connectivity index (χ4n) is 4.03. The Bertz CT molecular complexity index is 1410. The topological polar surface area (TPSA) is 73.7 Å². The highest BCUT2D eigenvalue weighted by molar-refractivity contribution is 7.22. The summed E-state index contributed by atoms with van der Waals surface area (Å²) in [5, 5.41) is 11.5. The number of benzene rings is 3. The minimum Gasteiger partial charge on any atom is -0.507 e. The number of halogens is 1. The Morgan fingerprint density at radius 3 is 2.32 bits per heavy atom. The zero-order valence-corrected chi connectivity index (χ0v) is 19.2. The molecule has 0 saturated carbocycles. The molecule has 0 aliphatic carbocycles. The van der Waals surface area contributed by atoms with Crippen LogP contribution in [-0.4, -0.2) is 35.9 Å². The molecule has 2 heterocycles. The number of para-hydroxylation sites is 1. The Balaban J connectivity index is 1.71. The fourth-order valence-corrected chi connectivity index (χ4v) is 5.02. The lowest BCUT2D eigenvalue weighted by Crippen LogP contribution is -2.29. The average Bonchev–Trinajstić information content (AvgIpc) is 3.37. The molecule has 1 unspecified atom stereocenters. The number of hydrogen-bond acceptors (Lipinski definition) is 6. The lowest BCUT2D eigenvalue weighted by atomic mass is 9.95. The number of ketones is 1. The second-order valence-corrected chi connectivity index (χ2v) is 9.14. The maximum absolute atomic E-state index is 13.5. The van der Waals surface area contributed by atoms with E-state index in [-0.39, 0.29) is 16.9 Å². The molecule has 0 radical (unpaired) electrons. The third kappa shape index (κ3) is 3.62. The summed E-state index contributed by atoms with van der Waals surface area (Å²) < 4.78 is 14.3. The van der Waals surface area contributed by atoms with Crippen molar-refractivity contribution in [3.8, 4) is 0 Å². The van der Waals surface area contributed by atoms with Crippen molar-refractivity contribution in [2.75, 3.05) is 23.9 Å². The smallest absolute Gasteiger partial charge is 0.301 e. The van der Waals surface area contributed by atoms with Crippen LogP contribution in [0.3, 0.4) is 0 Å². The fraction of sp³-hybridized carbons (Fsp3) is 0.115. The molecule has 0 spiro atoms. The normalized spacial score (nSPS) is 17.5. The molecule has 34 heavy (non-hydrogen) atoms. The van der Waals surface area contributed by atoms with E-state index in [0.717, 1.165) is 10.4 Å². The first-order valence-corrected chi connectivity index (χ1v) is 11.4. The van der Waals surface area contributed by atoms with Gasteiger partial charge in [0.05, 0.1) is 21.8 Å². The maximum atomic E-state index is 13.5. The van der Waals surface area contributed by atoms with Crippen molar-refractivity contribution in [3.63, 3.8) is 0 Å². The number of thiazole rings is 1. The third-order valence-electron chi connectivity index (χ3n) is 5.78. The van der Waals surface area contributed by atoms with Crippen LogP contribution in [0, 0.1) is 5.82 Å². The van der Waals surface area contributed by atoms with Crippen LogP contribution in [0.4, 0.5) is 15.2 Å². The molecular weight excluding hydrogens is 453 g/mol. The van der Waals surface area contributed by atoms with Crippen LogP contribution in [0.25, 0.3) is 16.0 Å². The number of fused-ring (bicyclic) bond motifs is 1. The van der Waals surface area contributed by atoms with Gasteiger partial charge in [0.25, 0.3) is 5.78 Å². The summed E-state index contributed by atoms with van der Waals surface area (Å²) in [5.41, 5.74) is 2.49. The summed E-state index contributed by atoms with van der Waals surface area (Å²) in [6.07, 6.45) is 0. The molecule has 170 valence electrons. The Kier molecular flexibility index (Phi) is 5.37. The molecule has 1 saturated heterocycles. The Hall–Kier alpha value is -4.04. The minimum atomic E-state index is -0.887. The van der Waals surface area contributed by atoms with Crippen molar-refractivity contribution >= 4 is 49.8 Å². The van der Waals surface area contributed by atoms with E-state index >= 15 is 0 Å². The lowest BCUT2D eigenvalue weighted by Gasteiger charge is -2.23. The molecule has 3 aromatic carbocycles. The highest BCUT2D eigenvalue weighted by Gasteiger charge is 2.48. The van der Waals surface area contributed by atoms with Crippen molar-refractivity contribution in [3.05, 3.63) is 95.3 Å². The number of carbonyl (C=O) groups is 2. The van der Waals surface area contributed by atoms with E-state index in [9.17, 15) is 19.1 Å². The summed E-state index contributed by atoms with van der Waals surface area (Å²) in [6.45, 7) is 0. The summed E-state index contributed by atoms with van der Waals surface area (Å²) in [4.78, 5) is 34.4. The molecule has 4 aromatic rings. The van der Waals surface area contributed by atoms with E-state index in [1.165, 1.54) is 40.5 Å². The van der Waals surface area contributed by atoms with Gasteiger partial charge in [-0.15, -0.1) is 0 Å². The largest absolute Gasteiger partial charge is 0.507 e. The first-order valence-electron chi connectivity index (χ1n) is 10.5. The van der Waals surface area contributed by atoms with Crippen molar-refractivity contribution in [1.29, 1.82) is 0 Å². The van der Waals surface area contributed by atoms with Crippen molar-refractivity contribution in [2.45, 2.75) is 6.04 Å². The number of aliphatic hydroxyl groups is 1. The van der Waals surface area contributed by atoms with Gasteiger partial charge in [0.1, 0.15) is 11.6 Å². The number of amides is 1. The lowest BCUT2D eigenvalue weighted by molar-refractivity contribution is -0.132. The predicted octanol–water partition coefficient (Wildman–Crippen LogP) is 5.13. The number of anilines is 2. The van der Waals surface area contributed by atoms with Gasteiger partial charge in [-0.1, -0.05) is 35.6 Å². The molecule has 5 rings (SSSR count). The average molecular weight is 474 g/mol. The second-order valence-electron chi connectivity index (χ2n) is 8.13. The quantitative estimate of drug-likeness (QED) is 0.253. The van der Waals surface area contributed by atoms with Gasteiger partial charge in [0.15, 0.2) is 5.13 Å². The van der Waals surface area contributed by atoms with E-state index < -0.39 is 23.5 Å². The number of nitrogens with zero attached hydrogens (tertiary/aromatic N) is 3. The van der Waals surface area contributed by atoms with Crippen LogP contribution in [0.5, 0.6) is 0 Å². The number of carbonyl (C=O) groups excluding carboxylic acids is 2. The number of rotatable bonds is 4. The Labute approximate surface area is 199 Å². The van der Waals surface area contributed by atoms with Crippen LogP contribution in [0.15, 0.2) is 78.4 Å². The van der Waals surface area contributed by atoms with Gasteiger partial charge in [0.2, 0.25) is 0 Å². The molecule has 6 nitrogen and oxygen atoms in total. The van der Waals surface area contributed by atoms with Crippen LogP contribution >= 0.6 is 11.3 Å². The van der Waals surface area contributed by atoms with Gasteiger partial charge in [-0.25, -0.2) is 9.37 Å². The van der Waals surface area contributed by atoms with Crippen molar-refractivity contribution in [1.82, 2.24) is 4.98 Å². The highest BCUT2D eigenvalue weighted by atomic mass is 32.1.